The summed E-state index contributed by atoms with van der Waals surface area (Å²) in [5.74, 6) is 0. The normalized spacial score (nSPS) is 18.5. The van der Waals surface area contributed by atoms with Crippen molar-refractivity contribution in [3.05, 3.63) is 35.9 Å². The molecule has 1 aliphatic rings. The summed E-state index contributed by atoms with van der Waals surface area (Å²) in [5, 5.41) is 6.44. The Hall–Kier alpha value is -1.51. The third kappa shape index (κ3) is 2.75. The van der Waals surface area contributed by atoms with E-state index >= 15 is 0 Å². The summed E-state index contributed by atoms with van der Waals surface area (Å²) >= 11 is 4.51. The maximum Gasteiger partial charge on any atom is 0.135 e. The average molecular weight is 232 g/mol. The molecular weight excluding hydrogens is 220 g/mol. The molecule has 0 saturated heterocycles. The van der Waals surface area contributed by atoms with Gasteiger partial charge in [-0.1, -0.05) is 35.5 Å². The Kier molecular flexibility index (Phi) is 3.81. The van der Waals surface area contributed by atoms with E-state index in [2.05, 4.69) is 27.5 Å². The second-order valence-corrected chi connectivity index (χ2v) is 3.78. The molecule has 0 amide bonds. The predicted molar refractivity (Wildman–Crippen MR) is 67.0 cm³/mol. The Labute approximate surface area is 99.8 Å². The molecule has 3 nitrogen and oxygen atoms in total. The molecule has 2 rings (SSSR count). The highest BCUT2D eigenvalue weighted by atomic mass is 32.1. The summed E-state index contributed by atoms with van der Waals surface area (Å²) in [6.07, 6.45) is 1.81. The SMILES string of the molecule is S=C=NCCC1CC(c2ccccc2)=NO1. The van der Waals surface area contributed by atoms with Gasteiger partial charge in [-0.05, 0) is 17.8 Å². The van der Waals surface area contributed by atoms with Crippen molar-refractivity contribution in [3.8, 4) is 0 Å². The van der Waals surface area contributed by atoms with Gasteiger partial charge in [0, 0.05) is 12.8 Å². The zero-order valence-electron chi connectivity index (χ0n) is 8.80. The Morgan fingerprint density at radius 2 is 2.25 bits per heavy atom. The minimum Gasteiger partial charge on any atom is -0.392 e. The van der Waals surface area contributed by atoms with Crippen LogP contribution in [0.5, 0.6) is 0 Å². The van der Waals surface area contributed by atoms with E-state index in [0.717, 1.165) is 24.1 Å². The van der Waals surface area contributed by atoms with Crippen LogP contribution in [0.15, 0.2) is 40.5 Å². The lowest BCUT2D eigenvalue weighted by Gasteiger charge is -2.04. The van der Waals surface area contributed by atoms with Gasteiger partial charge in [-0.25, -0.2) is 4.99 Å². The van der Waals surface area contributed by atoms with E-state index in [-0.39, 0.29) is 6.10 Å². The van der Waals surface area contributed by atoms with Crippen molar-refractivity contribution in [3.63, 3.8) is 0 Å². The van der Waals surface area contributed by atoms with Crippen molar-refractivity contribution in [2.45, 2.75) is 18.9 Å². The fourth-order valence-corrected chi connectivity index (χ4v) is 1.73. The fourth-order valence-electron chi connectivity index (χ4n) is 1.64. The summed E-state index contributed by atoms with van der Waals surface area (Å²) in [6.45, 7) is 0.658. The van der Waals surface area contributed by atoms with Crippen molar-refractivity contribution in [2.24, 2.45) is 10.1 Å². The van der Waals surface area contributed by atoms with Gasteiger partial charge in [0.15, 0.2) is 0 Å². The van der Waals surface area contributed by atoms with Crippen LogP contribution < -0.4 is 0 Å². The van der Waals surface area contributed by atoms with Gasteiger partial charge in [0.25, 0.3) is 0 Å². The van der Waals surface area contributed by atoms with Crippen LogP contribution in [-0.4, -0.2) is 23.5 Å². The summed E-state index contributed by atoms with van der Waals surface area (Å²) < 4.78 is 0. The van der Waals surface area contributed by atoms with Gasteiger partial charge in [-0.2, -0.15) is 0 Å². The smallest absolute Gasteiger partial charge is 0.135 e. The first kappa shape index (κ1) is 11.0. The Morgan fingerprint density at radius 3 is 3.00 bits per heavy atom. The molecule has 1 aliphatic heterocycles. The largest absolute Gasteiger partial charge is 0.392 e. The monoisotopic (exact) mass is 232 g/mol. The average Bonchev–Trinajstić information content (AvgIpc) is 2.79. The number of rotatable bonds is 4. The first-order valence-corrected chi connectivity index (χ1v) is 5.62. The van der Waals surface area contributed by atoms with Crippen molar-refractivity contribution in [1.82, 2.24) is 0 Å². The van der Waals surface area contributed by atoms with Crippen LogP contribution >= 0.6 is 12.2 Å². The molecule has 0 N–H and O–H groups in total. The number of nitrogens with zero attached hydrogens (tertiary/aromatic N) is 2. The molecule has 0 aliphatic carbocycles. The standard InChI is InChI=1S/C12H12N2OS/c16-9-13-7-6-11-8-12(14-15-11)10-4-2-1-3-5-10/h1-5,11H,6-8H2. The molecule has 1 aromatic rings. The van der Waals surface area contributed by atoms with Crippen molar-refractivity contribution in [2.75, 3.05) is 6.54 Å². The summed E-state index contributed by atoms with van der Waals surface area (Å²) in [4.78, 5) is 9.20. The van der Waals surface area contributed by atoms with Gasteiger partial charge >= 0.3 is 0 Å². The molecule has 4 heteroatoms. The maximum atomic E-state index is 5.33. The number of hydrogen-bond donors (Lipinski definition) is 0. The number of isothiocyanates is 1. The highest BCUT2D eigenvalue weighted by Crippen LogP contribution is 2.18. The Morgan fingerprint density at radius 1 is 1.44 bits per heavy atom. The van der Waals surface area contributed by atoms with Gasteiger partial charge in [0.1, 0.15) is 6.10 Å². The molecule has 0 fully saturated rings. The minimum absolute atomic E-state index is 0.127. The zero-order chi connectivity index (χ0) is 11.2. The minimum atomic E-state index is 0.127. The van der Waals surface area contributed by atoms with Gasteiger partial charge in [0.05, 0.1) is 17.4 Å². The molecule has 0 spiro atoms. The second kappa shape index (κ2) is 5.54. The molecule has 1 atom stereocenters. The van der Waals surface area contributed by atoms with E-state index in [9.17, 15) is 0 Å². The topological polar surface area (TPSA) is 34.0 Å². The molecule has 0 aromatic heterocycles. The molecule has 1 unspecified atom stereocenters. The fraction of sp³-hybridized carbons (Fsp3) is 0.333. The number of oxime groups is 1. The summed E-state index contributed by atoms with van der Waals surface area (Å²) in [6, 6.07) is 10.1. The molecule has 16 heavy (non-hydrogen) atoms. The summed E-state index contributed by atoms with van der Waals surface area (Å²) in [5.41, 5.74) is 2.14. The molecule has 0 radical (unpaired) electrons. The van der Waals surface area contributed by atoms with Crippen LogP contribution in [0.2, 0.25) is 0 Å². The van der Waals surface area contributed by atoms with Gasteiger partial charge < -0.3 is 4.84 Å². The lowest BCUT2D eigenvalue weighted by molar-refractivity contribution is 0.0811. The van der Waals surface area contributed by atoms with E-state index < -0.39 is 0 Å². The highest BCUT2D eigenvalue weighted by Gasteiger charge is 2.21. The van der Waals surface area contributed by atoms with Crippen LogP contribution in [0.3, 0.4) is 0 Å². The van der Waals surface area contributed by atoms with Crippen molar-refractivity contribution in [1.29, 1.82) is 0 Å². The van der Waals surface area contributed by atoms with E-state index in [4.69, 9.17) is 4.84 Å². The molecular formula is C12H12N2OS. The molecule has 82 valence electrons. The maximum absolute atomic E-state index is 5.33. The van der Waals surface area contributed by atoms with Crippen LogP contribution in [0.4, 0.5) is 0 Å². The van der Waals surface area contributed by atoms with Crippen molar-refractivity contribution < 1.29 is 4.84 Å². The molecule has 1 aromatic carbocycles. The van der Waals surface area contributed by atoms with E-state index in [0.29, 0.717) is 6.54 Å². The highest BCUT2D eigenvalue weighted by molar-refractivity contribution is 7.78. The van der Waals surface area contributed by atoms with Crippen LogP contribution in [0, 0.1) is 0 Å². The predicted octanol–water partition coefficient (Wildman–Crippen LogP) is 2.67. The second-order valence-electron chi connectivity index (χ2n) is 3.60. The number of hydrogen-bond acceptors (Lipinski definition) is 4. The van der Waals surface area contributed by atoms with E-state index in [1.54, 1.807) is 0 Å². The number of benzene rings is 1. The quantitative estimate of drug-likeness (QED) is 0.590. The lowest BCUT2D eigenvalue weighted by atomic mass is 10.0. The molecule has 1 heterocycles. The number of aliphatic imine (C=N–C) groups is 1. The van der Waals surface area contributed by atoms with E-state index in [1.807, 2.05) is 30.3 Å². The summed E-state index contributed by atoms with van der Waals surface area (Å²) in [7, 11) is 0. The first-order chi connectivity index (χ1) is 7.90. The van der Waals surface area contributed by atoms with Crippen molar-refractivity contribution >= 4 is 23.1 Å². The zero-order valence-corrected chi connectivity index (χ0v) is 9.61. The van der Waals surface area contributed by atoms with Crippen LogP contribution in [-0.2, 0) is 4.84 Å². The Bertz CT molecular complexity index is 424. The third-order valence-corrected chi connectivity index (χ3v) is 2.60. The lowest BCUT2D eigenvalue weighted by Crippen LogP contribution is -2.09. The Balaban J connectivity index is 1.90. The van der Waals surface area contributed by atoms with Crippen LogP contribution in [0.1, 0.15) is 18.4 Å². The van der Waals surface area contributed by atoms with Gasteiger partial charge in [0.2, 0.25) is 0 Å². The van der Waals surface area contributed by atoms with E-state index in [1.165, 1.54) is 0 Å². The number of thiocarbonyl (C=S) groups is 1. The molecule has 0 saturated carbocycles. The first-order valence-electron chi connectivity index (χ1n) is 5.22. The van der Waals surface area contributed by atoms with Gasteiger partial charge in [-0.3, -0.25) is 0 Å². The van der Waals surface area contributed by atoms with Crippen LogP contribution in [0.25, 0.3) is 0 Å². The molecule has 0 bridgehead atoms. The van der Waals surface area contributed by atoms with Gasteiger partial charge in [-0.15, -0.1) is 0 Å². The third-order valence-electron chi connectivity index (χ3n) is 2.47.